The number of benzene rings is 1. The number of halogens is 1. The number of nitrogens with one attached hydrogen (secondary N) is 1. The van der Waals surface area contributed by atoms with E-state index in [1.54, 1.807) is 0 Å². The van der Waals surface area contributed by atoms with Crippen LogP contribution in [-0.4, -0.2) is 17.3 Å². The van der Waals surface area contributed by atoms with Gasteiger partial charge in [-0.1, -0.05) is 45.8 Å². The smallest absolute Gasteiger partial charge is 0.220 e. The highest BCUT2D eigenvalue weighted by Crippen LogP contribution is 2.36. The standard InChI is InChI=1S/C15H20BrNO/c1-11-3-2-4-12(9-11)5-8-15(18)17-10-14(16)13-6-7-13/h2-4,9,13-14H,5-8,10H2,1H3,(H,17,18). The van der Waals surface area contributed by atoms with Crippen molar-refractivity contribution in [3.8, 4) is 0 Å². The average molecular weight is 310 g/mol. The zero-order valence-corrected chi connectivity index (χ0v) is 12.4. The van der Waals surface area contributed by atoms with Gasteiger partial charge < -0.3 is 5.32 Å². The zero-order chi connectivity index (χ0) is 13.0. The Morgan fingerprint density at radius 2 is 2.28 bits per heavy atom. The summed E-state index contributed by atoms with van der Waals surface area (Å²) in [7, 11) is 0. The third-order valence-corrected chi connectivity index (χ3v) is 4.42. The molecule has 0 radical (unpaired) electrons. The van der Waals surface area contributed by atoms with Crippen LogP contribution in [0.3, 0.4) is 0 Å². The van der Waals surface area contributed by atoms with E-state index in [2.05, 4.69) is 46.4 Å². The number of rotatable bonds is 6. The summed E-state index contributed by atoms with van der Waals surface area (Å²) >= 11 is 3.62. The summed E-state index contributed by atoms with van der Waals surface area (Å²) in [5.74, 6) is 0.934. The van der Waals surface area contributed by atoms with Crippen molar-refractivity contribution in [1.82, 2.24) is 5.32 Å². The Bertz CT molecular complexity index is 415. The predicted molar refractivity (Wildman–Crippen MR) is 77.9 cm³/mol. The lowest BCUT2D eigenvalue weighted by atomic mass is 10.1. The molecule has 1 aromatic carbocycles. The summed E-state index contributed by atoms with van der Waals surface area (Å²) < 4.78 is 0. The molecule has 1 unspecified atom stereocenters. The molecule has 1 fully saturated rings. The van der Waals surface area contributed by atoms with Crippen LogP contribution < -0.4 is 5.32 Å². The van der Waals surface area contributed by atoms with E-state index in [4.69, 9.17) is 0 Å². The predicted octanol–water partition coefficient (Wildman–Crippen LogP) is 3.22. The third kappa shape index (κ3) is 4.45. The second-order valence-electron chi connectivity index (χ2n) is 5.15. The van der Waals surface area contributed by atoms with Gasteiger partial charge in [0.25, 0.3) is 0 Å². The fourth-order valence-corrected chi connectivity index (χ4v) is 2.74. The average Bonchev–Trinajstić information content (AvgIpc) is 3.17. The van der Waals surface area contributed by atoms with Crippen molar-refractivity contribution in [3.05, 3.63) is 35.4 Å². The number of hydrogen-bond acceptors (Lipinski definition) is 1. The molecule has 1 aromatic rings. The second kappa shape index (κ2) is 6.37. The monoisotopic (exact) mass is 309 g/mol. The van der Waals surface area contributed by atoms with E-state index >= 15 is 0 Å². The Morgan fingerprint density at radius 3 is 2.94 bits per heavy atom. The first kappa shape index (κ1) is 13.6. The van der Waals surface area contributed by atoms with Gasteiger partial charge >= 0.3 is 0 Å². The number of amides is 1. The number of carbonyl (C=O) groups is 1. The van der Waals surface area contributed by atoms with Crippen LogP contribution in [0.15, 0.2) is 24.3 Å². The van der Waals surface area contributed by atoms with Gasteiger partial charge in [-0.2, -0.15) is 0 Å². The van der Waals surface area contributed by atoms with Crippen molar-refractivity contribution in [3.63, 3.8) is 0 Å². The third-order valence-electron chi connectivity index (χ3n) is 3.35. The fraction of sp³-hybridized carbons (Fsp3) is 0.533. The number of carbonyl (C=O) groups excluding carboxylic acids is 1. The minimum absolute atomic E-state index is 0.154. The van der Waals surface area contributed by atoms with E-state index < -0.39 is 0 Å². The minimum atomic E-state index is 0.154. The van der Waals surface area contributed by atoms with E-state index in [0.29, 0.717) is 11.2 Å². The van der Waals surface area contributed by atoms with Gasteiger partial charge in [-0.05, 0) is 37.7 Å². The molecule has 1 aliphatic carbocycles. The van der Waals surface area contributed by atoms with Gasteiger partial charge in [0.1, 0.15) is 0 Å². The number of alkyl halides is 1. The SMILES string of the molecule is Cc1cccc(CCC(=O)NCC(Br)C2CC2)c1. The van der Waals surface area contributed by atoms with Crippen LogP contribution in [0, 0.1) is 12.8 Å². The highest BCUT2D eigenvalue weighted by atomic mass is 79.9. The molecule has 0 saturated heterocycles. The van der Waals surface area contributed by atoms with Crippen LogP contribution in [-0.2, 0) is 11.2 Å². The van der Waals surface area contributed by atoms with Gasteiger partial charge in [0, 0.05) is 17.8 Å². The first-order valence-corrected chi connectivity index (χ1v) is 7.53. The topological polar surface area (TPSA) is 29.1 Å². The molecular formula is C15H20BrNO. The van der Waals surface area contributed by atoms with Crippen LogP contribution >= 0.6 is 15.9 Å². The van der Waals surface area contributed by atoms with E-state index in [1.165, 1.54) is 24.0 Å². The first-order chi connectivity index (χ1) is 8.65. The molecular weight excluding hydrogens is 290 g/mol. The molecule has 1 saturated carbocycles. The van der Waals surface area contributed by atoms with E-state index in [0.717, 1.165) is 18.9 Å². The van der Waals surface area contributed by atoms with Crippen molar-refractivity contribution in [1.29, 1.82) is 0 Å². The molecule has 3 heteroatoms. The van der Waals surface area contributed by atoms with Crippen LogP contribution in [0.1, 0.15) is 30.4 Å². The van der Waals surface area contributed by atoms with Crippen LogP contribution in [0.2, 0.25) is 0 Å². The molecule has 98 valence electrons. The molecule has 0 heterocycles. The van der Waals surface area contributed by atoms with Crippen LogP contribution in [0.4, 0.5) is 0 Å². The van der Waals surface area contributed by atoms with Crippen molar-refractivity contribution in [2.24, 2.45) is 5.92 Å². The van der Waals surface area contributed by atoms with E-state index in [-0.39, 0.29) is 5.91 Å². The Hall–Kier alpha value is -0.830. The molecule has 0 spiro atoms. The van der Waals surface area contributed by atoms with Crippen molar-refractivity contribution < 1.29 is 4.79 Å². The Kier molecular flexibility index (Phi) is 4.81. The Labute approximate surface area is 117 Å². The first-order valence-electron chi connectivity index (χ1n) is 6.61. The van der Waals surface area contributed by atoms with E-state index in [1.807, 2.05) is 6.07 Å². The molecule has 2 nitrogen and oxygen atoms in total. The summed E-state index contributed by atoms with van der Waals surface area (Å²) in [6.45, 7) is 2.84. The summed E-state index contributed by atoms with van der Waals surface area (Å²) in [6, 6.07) is 8.35. The summed E-state index contributed by atoms with van der Waals surface area (Å²) in [6.07, 6.45) is 4.00. The van der Waals surface area contributed by atoms with Crippen molar-refractivity contribution >= 4 is 21.8 Å². The van der Waals surface area contributed by atoms with Gasteiger partial charge in [0.15, 0.2) is 0 Å². The molecule has 0 aromatic heterocycles. The Balaban J connectivity index is 1.67. The second-order valence-corrected chi connectivity index (χ2v) is 6.32. The molecule has 1 amide bonds. The summed E-state index contributed by atoms with van der Waals surface area (Å²) in [5, 5.41) is 3.00. The van der Waals surface area contributed by atoms with Gasteiger partial charge in [-0.15, -0.1) is 0 Å². The maximum absolute atomic E-state index is 11.7. The lowest BCUT2D eigenvalue weighted by molar-refractivity contribution is -0.121. The summed E-state index contributed by atoms with van der Waals surface area (Å²) in [4.78, 5) is 12.2. The summed E-state index contributed by atoms with van der Waals surface area (Å²) in [5.41, 5.74) is 2.49. The highest BCUT2D eigenvalue weighted by molar-refractivity contribution is 9.09. The van der Waals surface area contributed by atoms with E-state index in [9.17, 15) is 4.79 Å². The Morgan fingerprint density at radius 1 is 1.50 bits per heavy atom. The zero-order valence-electron chi connectivity index (χ0n) is 10.8. The maximum Gasteiger partial charge on any atom is 0.220 e. The van der Waals surface area contributed by atoms with Crippen molar-refractivity contribution in [2.75, 3.05) is 6.54 Å². The lowest BCUT2D eigenvalue weighted by Gasteiger charge is -2.10. The van der Waals surface area contributed by atoms with Gasteiger partial charge in [-0.3, -0.25) is 4.79 Å². The largest absolute Gasteiger partial charge is 0.355 e. The van der Waals surface area contributed by atoms with Crippen molar-refractivity contribution in [2.45, 2.75) is 37.4 Å². The molecule has 2 rings (SSSR count). The molecule has 0 aliphatic heterocycles. The van der Waals surface area contributed by atoms with Gasteiger partial charge in [0.05, 0.1) is 0 Å². The lowest BCUT2D eigenvalue weighted by Crippen LogP contribution is -2.30. The molecule has 1 aliphatic rings. The molecule has 18 heavy (non-hydrogen) atoms. The van der Waals surface area contributed by atoms with Crippen LogP contribution in [0.25, 0.3) is 0 Å². The molecule has 0 bridgehead atoms. The van der Waals surface area contributed by atoms with Gasteiger partial charge in [-0.25, -0.2) is 0 Å². The fourth-order valence-electron chi connectivity index (χ4n) is 2.05. The number of hydrogen-bond donors (Lipinski definition) is 1. The van der Waals surface area contributed by atoms with Crippen LogP contribution in [0.5, 0.6) is 0 Å². The van der Waals surface area contributed by atoms with Gasteiger partial charge in [0.2, 0.25) is 5.91 Å². The quantitative estimate of drug-likeness (QED) is 0.803. The normalized spacial score (nSPS) is 16.3. The minimum Gasteiger partial charge on any atom is -0.355 e. The highest BCUT2D eigenvalue weighted by Gasteiger charge is 2.29. The number of aryl methyl sites for hydroxylation is 2. The maximum atomic E-state index is 11.7. The molecule has 1 N–H and O–H groups in total. The molecule has 1 atom stereocenters.